The third-order valence-corrected chi connectivity index (χ3v) is 2.69. The van der Waals surface area contributed by atoms with Gasteiger partial charge in [0.2, 0.25) is 5.84 Å². The van der Waals surface area contributed by atoms with Gasteiger partial charge in [-0.25, -0.2) is 10.0 Å². The molecule has 84 valence electrons. The van der Waals surface area contributed by atoms with Crippen molar-refractivity contribution in [3.8, 4) is 0 Å². The summed E-state index contributed by atoms with van der Waals surface area (Å²) in [5.74, 6) is 0.404. The van der Waals surface area contributed by atoms with Crippen LogP contribution < -0.4 is 11.2 Å². The van der Waals surface area contributed by atoms with E-state index < -0.39 is 0 Å². The first kappa shape index (κ1) is 10.4. The highest BCUT2D eigenvalue weighted by Crippen LogP contribution is 2.09. The van der Waals surface area contributed by atoms with Crippen LogP contribution in [0.2, 0.25) is 0 Å². The molecule has 0 spiro atoms. The number of nitrogens with zero attached hydrogens (tertiary/aromatic N) is 3. The third kappa shape index (κ3) is 2.27. The molecule has 6 heteroatoms. The van der Waals surface area contributed by atoms with E-state index >= 15 is 0 Å². The number of nitrogens with one attached hydrogen (secondary N) is 1. The first-order valence-electron chi connectivity index (χ1n) is 5.24. The molecule has 1 unspecified atom stereocenters. The Labute approximate surface area is 89.1 Å². The van der Waals surface area contributed by atoms with Gasteiger partial charge in [-0.3, -0.25) is 10.2 Å². The molecule has 1 saturated heterocycles. The summed E-state index contributed by atoms with van der Waals surface area (Å²) >= 11 is 0. The molecule has 0 aromatic rings. The van der Waals surface area contributed by atoms with Crippen LogP contribution in [0.5, 0.6) is 0 Å². The van der Waals surface area contributed by atoms with Gasteiger partial charge in [-0.2, -0.15) is 0 Å². The number of nitrogens with two attached hydrogens (primary N) is 1. The number of carbonyl (C=O) groups excluding carboxylic acids is 1. The van der Waals surface area contributed by atoms with Gasteiger partial charge in [0.1, 0.15) is 6.67 Å². The Morgan fingerprint density at radius 2 is 2.47 bits per heavy atom. The van der Waals surface area contributed by atoms with Gasteiger partial charge in [-0.15, -0.1) is 0 Å². The Hall–Kier alpha value is -1.14. The van der Waals surface area contributed by atoms with Crippen LogP contribution in [0.15, 0.2) is 4.99 Å². The third-order valence-electron chi connectivity index (χ3n) is 2.69. The second-order valence-corrected chi connectivity index (χ2v) is 4.11. The monoisotopic (exact) mass is 211 g/mol. The highest BCUT2D eigenvalue weighted by molar-refractivity contribution is 6.37. The van der Waals surface area contributed by atoms with Gasteiger partial charge in [-0.1, -0.05) is 0 Å². The second kappa shape index (κ2) is 4.16. The average molecular weight is 211 g/mol. The molecule has 1 amide bonds. The van der Waals surface area contributed by atoms with Gasteiger partial charge in [0.15, 0.2) is 0 Å². The van der Waals surface area contributed by atoms with Gasteiger partial charge in [-0.05, 0) is 12.8 Å². The summed E-state index contributed by atoms with van der Waals surface area (Å²) in [4.78, 5) is 17.8. The summed E-state index contributed by atoms with van der Waals surface area (Å²) in [6, 6.07) is 0.113. The van der Waals surface area contributed by atoms with Gasteiger partial charge in [0.05, 0.1) is 0 Å². The molecule has 2 heterocycles. The van der Waals surface area contributed by atoms with Crippen molar-refractivity contribution in [1.82, 2.24) is 15.3 Å². The number of hydrogen-bond donors (Lipinski definition) is 2. The van der Waals surface area contributed by atoms with Crippen LogP contribution in [0.1, 0.15) is 12.8 Å². The van der Waals surface area contributed by atoms with Crippen LogP contribution in [0.3, 0.4) is 0 Å². The summed E-state index contributed by atoms with van der Waals surface area (Å²) < 4.78 is 0. The normalized spacial score (nSPS) is 27.5. The molecule has 6 nitrogen and oxygen atoms in total. The van der Waals surface area contributed by atoms with Crippen LogP contribution in [-0.4, -0.2) is 54.5 Å². The Kier molecular flexibility index (Phi) is 2.88. The maximum atomic E-state index is 11.9. The molecular formula is C9H17N5O. The van der Waals surface area contributed by atoms with E-state index in [1.54, 1.807) is 9.91 Å². The molecule has 15 heavy (non-hydrogen) atoms. The van der Waals surface area contributed by atoms with Crippen LogP contribution in [-0.2, 0) is 4.79 Å². The molecule has 1 atom stereocenters. The number of rotatable bonds is 1. The van der Waals surface area contributed by atoms with Crippen molar-refractivity contribution in [2.75, 3.05) is 26.8 Å². The highest BCUT2D eigenvalue weighted by atomic mass is 16.2. The fraction of sp³-hybridized carbons (Fsp3) is 0.778. The quantitative estimate of drug-likeness (QED) is 0.568. The van der Waals surface area contributed by atoms with Crippen molar-refractivity contribution in [2.45, 2.75) is 18.9 Å². The summed E-state index contributed by atoms with van der Waals surface area (Å²) in [6.45, 7) is 1.96. The largest absolute Gasteiger partial charge is 0.334 e. The number of piperidine rings is 1. The maximum absolute atomic E-state index is 11.9. The Morgan fingerprint density at radius 3 is 3.07 bits per heavy atom. The van der Waals surface area contributed by atoms with Crippen molar-refractivity contribution < 1.29 is 4.79 Å². The van der Waals surface area contributed by atoms with Crippen LogP contribution in [0, 0.1) is 0 Å². The first-order chi connectivity index (χ1) is 7.16. The highest BCUT2D eigenvalue weighted by Gasteiger charge is 2.27. The van der Waals surface area contributed by atoms with Gasteiger partial charge >= 0.3 is 0 Å². The van der Waals surface area contributed by atoms with E-state index in [-0.39, 0.29) is 11.9 Å². The SMILES string of the molecule is CN1CN=C(C(=O)N2CCCC(N)C2)N1. The van der Waals surface area contributed by atoms with Crippen LogP contribution in [0.25, 0.3) is 0 Å². The summed E-state index contributed by atoms with van der Waals surface area (Å²) in [6.07, 6.45) is 1.99. The summed E-state index contributed by atoms with van der Waals surface area (Å²) in [7, 11) is 1.85. The van der Waals surface area contributed by atoms with E-state index in [9.17, 15) is 4.79 Å². The van der Waals surface area contributed by atoms with Crippen molar-refractivity contribution in [1.29, 1.82) is 0 Å². The fourth-order valence-corrected chi connectivity index (χ4v) is 1.89. The topological polar surface area (TPSA) is 74.0 Å². The molecule has 0 aromatic heterocycles. The van der Waals surface area contributed by atoms with E-state index in [0.29, 0.717) is 19.0 Å². The molecule has 3 N–H and O–H groups in total. The number of hydrogen-bond acceptors (Lipinski definition) is 5. The number of aliphatic imine (C=N–C) groups is 1. The lowest BCUT2D eigenvalue weighted by Gasteiger charge is -2.30. The zero-order valence-electron chi connectivity index (χ0n) is 8.94. The van der Waals surface area contributed by atoms with Gasteiger partial charge < -0.3 is 10.6 Å². The first-order valence-corrected chi connectivity index (χ1v) is 5.24. The molecule has 0 saturated carbocycles. The summed E-state index contributed by atoms with van der Waals surface area (Å²) in [5.41, 5.74) is 8.74. The van der Waals surface area contributed by atoms with Crippen molar-refractivity contribution >= 4 is 11.7 Å². The molecule has 1 fully saturated rings. The Bertz CT molecular complexity index is 290. The number of amides is 1. The number of likely N-dealkylation sites (tertiary alicyclic amines) is 1. The molecule has 2 rings (SSSR count). The minimum Gasteiger partial charge on any atom is -0.334 e. The molecule has 0 bridgehead atoms. The second-order valence-electron chi connectivity index (χ2n) is 4.11. The predicted octanol–water partition coefficient (Wildman–Crippen LogP) is -1.26. The van der Waals surface area contributed by atoms with Gasteiger partial charge in [0, 0.05) is 26.2 Å². The molecular weight excluding hydrogens is 194 g/mol. The van der Waals surface area contributed by atoms with Crippen molar-refractivity contribution in [3.05, 3.63) is 0 Å². The average Bonchev–Trinajstić information content (AvgIpc) is 2.64. The smallest absolute Gasteiger partial charge is 0.290 e. The van der Waals surface area contributed by atoms with E-state index in [1.807, 2.05) is 7.05 Å². The zero-order chi connectivity index (χ0) is 10.8. The number of hydrazine groups is 1. The predicted molar refractivity (Wildman–Crippen MR) is 57.0 cm³/mol. The zero-order valence-corrected chi connectivity index (χ0v) is 8.94. The standard InChI is InChI=1S/C9H17N5O/c1-13-6-11-8(12-13)9(15)14-4-2-3-7(10)5-14/h7H,2-6,10H2,1H3,(H,11,12). The lowest BCUT2D eigenvalue weighted by atomic mass is 10.1. The van der Waals surface area contributed by atoms with Crippen LogP contribution >= 0.6 is 0 Å². The maximum Gasteiger partial charge on any atom is 0.290 e. The molecule has 2 aliphatic heterocycles. The fourth-order valence-electron chi connectivity index (χ4n) is 1.89. The molecule has 2 aliphatic rings. The summed E-state index contributed by atoms with van der Waals surface area (Å²) in [5, 5.41) is 1.77. The minimum absolute atomic E-state index is 0.0329. The van der Waals surface area contributed by atoms with E-state index in [4.69, 9.17) is 5.73 Å². The van der Waals surface area contributed by atoms with Gasteiger partial charge in [0.25, 0.3) is 5.91 Å². The molecule has 0 aromatic carbocycles. The Balaban J connectivity index is 1.95. The van der Waals surface area contributed by atoms with E-state index in [2.05, 4.69) is 10.4 Å². The molecule has 0 radical (unpaired) electrons. The van der Waals surface area contributed by atoms with E-state index in [1.165, 1.54) is 0 Å². The van der Waals surface area contributed by atoms with Crippen molar-refractivity contribution in [3.63, 3.8) is 0 Å². The van der Waals surface area contributed by atoms with Crippen molar-refractivity contribution in [2.24, 2.45) is 10.7 Å². The Morgan fingerprint density at radius 1 is 1.67 bits per heavy atom. The lowest BCUT2D eigenvalue weighted by Crippen LogP contribution is -2.51. The number of amidine groups is 1. The van der Waals surface area contributed by atoms with Crippen LogP contribution in [0.4, 0.5) is 0 Å². The lowest BCUT2D eigenvalue weighted by molar-refractivity contribution is -0.125. The molecule has 0 aliphatic carbocycles. The number of carbonyl (C=O) groups is 1. The minimum atomic E-state index is -0.0329. The van der Waals surface area contributed by atoms with E-state index in [0.717, 1.165) is 19.4 Å².